The average molecular weight is 282 g/mol. The molecule has 1 aliphatic carbocycles. The van der Waals surface area contributed by atoms with E-state index in [0.717, 1.165) is 24.2 Å². The fourth-order valence-corrected chi connectivity index (χ4v) is 3.24. The van der Waals surface area contributed by atoms with Crippen LogP contribution in [0.4, 0.5) is 0 Å². The zero-order valence-electron chi connectivity index (χ0n) is 12.9. The molecule has 2 aromatic carbocycles. The van der Waals surface area contributed by atoms with Gasteiger partial charge in [-0.25, -0.2) is 0 Å². The van der Waals surface area contributed by atoms with Crippen LogP contribution in [-0.4, -0.2) is 12.2 Å². The summed E-state index contributed by atoms with van der Waals surface area (Å²) in [5, 5.41) is 11.1. The normalized spacial score (nSPS) is 20.4. The summed E-state index contributed by atoms with van der Waals surface area (Å²) in [5.41, 5.74) is 5.25. The van der Waals surface area contributed by atoms with Crippen LogP contribution in [0.15, 0.2) is 36.4 Å². The van der Waals surface area contributed by atoms with Crippen molar-refractivity contribution in [2.45, 2.75) is 38.7 Å². The number of benzene rings is 2. The summed E-state index contributed by atoms with van der Waals surface area (Å²) >= 11 is 0. The van der Waals surface area contributed by atoms with Gasteiger partial charge in [0, 0.05) is 6.42 Å². The standard InChI is InChI=1S/C19H22O2/c1-13-4-5-15(10-14(13)2)12-19(20)9-8-16-6-7-17(21-3)11-18(16)19/h4-7,10-11,20H,8-9,12H2,1-3H3. The first-order valence-corrected chi connectivity index (χ1v) is 7.48. The molecule has 0 aromatic heterocycles. The van der Waals surface area contributed by atoms with Crippen molar-refractivity contribution in [3.8, 4) is 5.75 Å². The molecule has 2 heteroatoms. The minimum Gasteiger partial charge on any atom is -0.497 e. The highest BCUT2D eigenvalue weighted by Crippen LogP contribution is 2.41. The molecule has 0 bridgehead atoms. The van der Waals surface area contributed by atoms with E-state index in [1.165, 1.54) is 22.3 Å². The van der Waals surface area contributed by atoms with Crippen molar-refractivity contribution < 1.29 is 9.84 Å². The summed E-state index contributed by atoms with van der Waals surface area (Å²) in [6.07, 6.45) is 2.37. The Labute approximate surface area is 126 Å². The zero-order valence-corrected chi connectivity index (χ0v) is 12.9. The van der Waals surface area contributed by atoms with Gasteiger partial charge in [-0.05, 0) is 66.6 Å². The third kappa shape index (κ3) is 2.56. The third-order valence-corrected chi connectivity index (χ3v) is 4.69. The van der Waals surface area contributed by atoms with E-state index in [4.69, 9.17) is 4.74 Å². The molecule has 1 N–H and O–H groups in total. The van der Waals surface area contributed by atoms with Crippen molar-refractivity contribution in [3.05, 3.63) is 64.2 Å². The second-order valence-corrected chi connectivity index (χ2v) is 6.15. The minimum absolute atomic E-state index is 0.661. The number of hydrogen-bond donors (Lipinski definition) is 1. The van der Waals surface area contributed by atoms with Gasteiger partial charge in [0.1, 0.15) is 5.75 Å². The third-order valence-electron chi connectivity index (χ3n) is 4.69. The number of methoxy groups -OCH3 is 1. The van der Waals surface area contributed by atoms with Crippen LogP contribution in [0.3, 0.4) is 0 Å². The minimum atomic E-state index is -0.772. The topological polar surface area (TPSA) is 29.5 Å². The molecule has 0 aliphatic heterocycles. The summed E-state index contributed by atoms with van der Waals surface area (Å²) in [7, 11) is 1.67. The van der Waals surface area contributed by atoms with Crippen LogP contribution in [0.25, 0.3) is 0 Å². The van der Waals surface area contributed by atoms with E-state index < -0.39 is 5.60 Å². The molecular formula is C19H22O2. The number of aliphatic hydroxyl groups is 1. The number of hydrogen-bond acceptors (Lipinski definition) is 2. The molecule has 21 heavy (non-hydrogen) atoms. The van der Waals surface area contributed by atoms with Gasteiger partial charge < -0.3 is 9.84 Å². The largest absolute Gasteiger partial charge is 0.497 e. The highest BCUT2D eigenvalue weighted by molar-refractivity contribution is 5.44. The molecule has 0 saturated heterocycles. The van der Waals surface area contributed by atoms with Gasteiger partial charge in [-0.1, -0.05) is 24.3 Å². The number of aryl methyl sites for hydroxylation is 3. The highest BCUT2D eigenvalue weighted by atomic mass is 16.5. The van der Waals surface area contributed by atoms with Crippen molar-refractivity contribution in [3.63, 3.8) is 0 Å². The zero-order chi connectivity index (χ0) is 15.0. The summed E-state index contributed by atoms with van der Waals surface area (Å²) in [6.45, 7) is 4.23. The van der Waals surface area contributed by atoms with Crippen molar-refractivity contribution in [2.75, 3.05) is 7.11 Å². The van der Waals surface area contributed by atoms with Crippen LogP contribution < -0.4 is 4.74 Å². The van der Waals surface area contributed by atoms with E-state index in [2.05, 4.69) is 38.1 Å². The number of ether oxygens (including phenoxy) is 1. The second kappa shape index (κ2) is 5.19. The van der Waals surface area contributed by atoms with Crippen LogP contribution >= 0.6 is 0 Å². The van der Waals surface area contributed by atoms with Crippen molar-refractivity contribution in [1.29, 1.82) is 0 Å². The summed E-state index contributed by atoms with van der Waals surface area (Å²) in [5.74, 6) is 0.814. The summed E-state index contributed by atoms with van der Waals surface area (Å²) < 4.78 is 5.31. The average Bonchev–Trinajstić information content (AvgIpc) is 2.80. The SMILES string of the molecule is COc1ccc2c(c1)C(O)(Cc1ccc(C)c(C)c1)CC2. The lowest BCUT2D eigenvalue weighted by molar-refractivity contribution is 0.0388. The first kappa shape index (κ1) is 14.2. The highest BCUT2D eigenvalue weighted by Gasteiger charge is 2.37. The van der Waals surface area contributed by atoms with Gasteiger partial charge in [-0.2, -0.15) is 0 Å². The molecule has 1 unspecified atom stereocenters. The maximum Gasteiger partial charge on any atom is 0.119 e. The quantitative estimate of drug-likeness (QED) is 0.930. The van der Waals surface area contributed by atoms with Gasteiger partial charge in [0.25, 0.3) is 0 Å². The van der Waals surface area contributed by atoms with E-state index in [1.807, 2.05) is 12.1 Å². The fraction of sp³-hybridized carbons (Fsp3) is 0.368. The van der Waals surface area contributed by atoms with Crippen LogP contribution in [0.2, 0.25) is 0 Å². The number of rotatable bonds is 3. The van der Waals surface area contributed by atoms with E-state index in [9.17, 15) is 5.11 Å². The molecule has 110 valence electrons. The lowest BCUT2D eigenvalue weighted by atomic mass is 9.88. The summed E-state index contributed by atoms with van der Waals surface area (Å²) in [4.78, 5) is 0. The van der Waals surface area contributed by atoms with Crippen LogP contribution in [0.5, 0.6) is 5.75 Å². The molecule has 0 radical (unpaired) electrons. The summed E-state index contributed by atoms with van der Waals surface area (Å²) in [6, 6.07) is 12.5. The molecule has 0 spiro atoms. The molecule has 2 nitrogen and oxygen atoms in total. The van der Waals surface area contributed by atoms with Gasteiger partial charge in [-0.3, -0.25) is 0 Å². The Bertz CT molecular complexity index is 675. The van der Waals surface area contributed by atoms with Gasteiger partial charge in [-0.15, -0.1) is 0 Å². The van der Waals surface area contributed by atoms with E-state index in [-0.39, 0.29) is 0 Å². The van der Waals surface area contributed by atoms with Gasteiger partial charge in [0.05, 0.1) is 12.7 Å². The van der Waals surface area contributed by atoms with E-state index in [1.54, 1.807) is 7.11 Å². The van der Waals surface area contributed by atoms with Gasteiger partial charge in [0.15, 0.2) is 0 Å². The lowest BCUT2D eigenvalue weighted by Gasteiger charge is -2.25. The van der Waals surface area contributed by atoms with E-state index >= 15 is 0 Å². The van der Waals surface area contributed by atoms with Crippen molar-refractivity contribution in [1.82, 2.24) is 0 Å². The second-order valence-electron chi connectivity index (χ2n) is 6.15. The van der Waals surface area contributed by atoms with Crippen LogP contribution in [0, 0.1) is 13.8 Å². The Kier molecular flexibility index (Phi) is 3.50. The predicted octanol–water partition coefficient (Wildman–Crippen LogP) is 3.69. The van der Waals surface area contributed by atoms with Crippen LogP contribution in [-0.2, 0) is 18.4 Å². The smallest absolute Gasteiger partial charge is 0.119 e. The van der Waals surface area contributed by atoms with Crippen molar-refractivity contribution in [2.24, 2.45) is 0 Å². The molecule has 0 fully saturated rings. The first-order chi connectivity index (χ1) is 10.0. The molecular weight excluding hydrogens is 260 g/mol. The molecule has 3 rings (SSSR count). The molecule has 1 aliphatic rings. The first-order valence-electron chi connectivity index (χ1n) is 7.48. The Hall–Kier alpha value is -1.80. The Morgan fingerprint density at radius 1 is 1.10 bits per heavy atom. The molecule has 0 amide bonds. The van der Waals surface area contributed by atoms with Crippen LogP contribution in [0.1, 0.15) is 34.2 Å². The number of fused-ring (bicyclic) bond motifs is 1. The maximum atomic E-state index is 11.1. The van der Waals surface area contributed by atoms with Gasteiger partial charge in [0.2, 0.25) is 0 Å². The Morgan fingerprint density at radius 2 is 1.90 bits per heavy atom. The lowest BCUT2D eigenvalue weighted by Crippen LogP contribution is -2.25. The monoisotopic (exact) mass is 282 g/mol. The predicted molar refractivity (Wildman–Crippen MR) is 84.8 cm³/mol. The molecule has 0 heterocycles. The maximum absolute atomic E-state index is 11.1. The molecule has 0 saturated carbocycles. The van der Waals surface area contributed by atoms with Gasteiger partial charge >= 0.3 is 0 Å². The molecule has 1 atom stereocenters. The Balaban J connectivity index is 1.94. The fourth-order valence-electron chi connectivity index (χ4n) is 3.24. The Morgan fingerprint density at radius 3 is 2.62 bits per heavy atom. The van der Waals surface area contributed by atoms with E-state index in [0.29, 0.717) is 6.42 Å². The van der Waals surface area contributed by atoms with Crippen molar-refractivity contribution >= 4 is 0 Å². The molecule has 2 aromatic rings.